The molecule has 3 nitrogen and oxygen atoms in total. The predicted octanol–water partition coefficient (Wildman–Crippen LogP) is 5.06. The molecule has 0 aliphatic carbocycles. The predicted molar refractivity (Wildman–Crippen MR) is 87.8 cm³/mol. The Balaban J connectivity index is 2.04. The molecule has 0 saturated carbocycles. The first-order chi connectivity index (χ1) is 10.5. The molecule has 1 atom stereocenters. The van der Waals surface area contributed by atoms with Crippen molar-refractivity contribution in [3.63, 3.8) is 0 Å². The van der Waals surface area contributed by atoms with Crippen molar-refractivity contribution in [2.24, 2.45) is 0 Å². The van der Waals surface area contributed by atoms with Crippen LogP contribution < -0.4 is 10.6 Å². The molecule has 0 spiro atoms. The minimum atomic E-state index is -0.564. The van der Waals surface area contributed by atoms with E-state index in [1.807, 2.05) is 38.1 Å². The zero-order valence-corrected chi connectivity index (χ0v) is 13.2. The largest absolute Gasteiger partial charge is 0.331 e. The van der Waals surface area contributed by atoms with Gasteiger partial charge < -0.3 is 10.6 Å². The Bertz CT molecular complexity index is 658. The van der Waals surface area contributed by atoms with Gasteiger partial charge in [-0.25, -0.2) is 9.18 Å². The molecule has 0 aliphatic rings. The molecule has 0 fully saturated rings. The maximum Gasteiger partial charge on any atom is 0.319 e. The lowest BCUT2D eigenvalue weighted by Crippen LogP contribution is -2.32. The van der Waals surface area contributed by atoms with Crippen LogP contribution in [0.2, 0.25) is 5.02 Å². The summed E-state index contributed by atoms with van der Waals surface area (Å²) in [5, 5.41) is 5.63. The van der Waals surface area contributed by atoms with Gasteiger partial charge >= 0.3 is 6.03 Å². The molecular weight excluding hydrogens is 303 g/mol. The van der Waals surface area contributed by atoms with Crippen molar-refractivity contribution in [2.75, 3.05) is 5.32 Å². The number of rotatable bonds is 4. The Morgan fingerprint density at radius 2 is 1.91 bits per heavy atom. The summed E-state index contributed by atoms with van der Waals surface area (Å²) < 4.78 is 13.7. The topological polar surface area (TPSA) is 41.1 Å². The van der Waals surface area contributed by atoms with Crippen LogP contribution in [0, 0.1) is 12.7 Å². The number of carbonyl (C=O) groups is 1. The van der Waals surface area contributed by atoms with E-state index in [4.69, 9.17) is 11.6 Å². The van der Waals surface area contributed by atoms with Gasteiger partial charge in [-0.1, -0.05) is 48.4 Å². The van der Waals surface area contributed by atoms with Gasteiger partial charge in [0, 0.05) is 5.02 Å². The second-order valence-corrected chi connectivity index (χ2v) is 5.53. The minimum Gasteiger partial charge on any atom is -0.331 e. The molecule has 0 heterocycles. The first kappa shape index (κ1) is 16.3. The van der Waals surface area contributed by atoms with Crippen molar-refractivity contribution >= 4 is 23.3 Å². The van der Waals surface area contributed by atoms with Gasteiger partial charge in [0.2, 0.25) is 0 Å². The van der Waals surface area contributed by atoms with Gasteiger partial charge in [-0.15, -0.1) is 0 Å². The molecule has 116 valence electrons. The summed E-state index contributed by atoms with van der Waals surface area (Å²) in [4.78, 5) is 12.0. The Morgan fingerprint density at radius 3 is 2.50 bits per heavy atom. The molecule has 5 heteroatoms. The maximum absolute atomic E-state index is 13.7. The summed E-state index contributed by atoms with van der Waals surface area (Å²) in [7, 11) is 0. The lowest BCUT2D eigenvalue weighted by molar-refractivity contribution is 0.248. The van der Waals surface area contributed by atoms with Crippen molar-refractivity contribution in [3.05, 3.63) is 64.4 Å². The van der Waals surface area contributed by atoms with E-state index in [1.54, 1.807) is 0 Å². The summed E-state index contributed by atoms with van der Waals surface area (Å²) in [6.45, 7) is 3.99. The quantitative estimate of drug-likeness (QED) is 0.812. The average molecular weight is 321 g/mol. The fraction of sp³-hybridized carbons (Fsp3) is 0.235. The Hall–Kier alpha value is -2.07. The third-order valence-electron chi connectivity index (χ3n) is 3.37. The summed E-state index contributed by atoms with van der Waals surface area (Å²) in [6, 6.07) is 11.5. The highest BCUT2D eigenvalue weighted by Crippen LogP contribution is 2.20. The van der Waals surface area contributed by atoms with Crippen molar-refractivity contribution in [3.8, 4) is 0 Å². The fourth-order valence-corrected chi connectivity index (χ4v) is 2.29. The molecule has 2 rings (SSSR count). The van der Waals surface area contributed by atoms with Crippen molar-refractivity contribution in [2.45, 2.75) is 26.3 Å². The maximum atomic E-state index is 13.7. The highest BCUT2D eigenvalue weighted by molar-refractivity contribution is 6.30. The van der Waals surface area contributed by atoms with Crippen molar-refractivity contribution in [1.82, 2.24) is 5.32 Å². The minimum absolute atomic E-state index is 0.0978. The number of carbonyl (C=O) groups excluding carboxylic acids is 1. The van der Waals surface area contributed by atoms with Crippen molar-refractivity contribution in [1.29, 1.82) is 0 Å². The van der Waals surface area contributed by atoms with Crippen LogP contribution in [0.4, 0.5) is 14.9 Å². The Labute approximate surface area is 134 Å². The van der Waals surface area contributed by atoms with E-state index in [-0.39, 0.29) is 16.8 Å². The molecule has 2 aromatic rings. The second kappa shape index (κ2) is 7.27. The van der Waals surface area contributed by atoms with Crippen LogP contribution >= 0.6 is 11.6 Å². The number of urea groups is 1. The van der Waals surface area contributed by atoms with E-state index < -0.39 is 11.8 Å². The number of nitrogens with one attached hydrogen (secondary N) is 2. The monoisotopic (exact) mass is 320 g/mol. The molecule has 2 amide bonds. The van der Waals surface area contributed by atoms with Gasteiger partial charge in [0.15, 0.2) is 0 Å². The van der Waals surface area contributed by atoms with E-state index in [0.29, 0.717) is 0 Å². The fourth-order valence-electron chi connectivity index (χ4n) is 2.13. The molecule has 2 N–H and O–H groups in total. The lowest BCUT2D eigenvalue weighted by Gasteiger charge is -2.18. The molecule has 22 heavy (non-hydrogen) atoms. The summed E-state index contributed by atoms with van der Waals surface area (Å²) in [6.07, 6.45) is 0.736. The van der Waals surface area contributed by atoms with Crippen LogP contribution in [0.15, 0.2) is 42.5 Å². The summed E-state index contributed by atoms with van der Waals surface area (Å²) in [5.41, 5.74) is 2.27. The number of anilines is 1. The van der Waals surface area contributed by atoms with E-state index in [0.717, 1.165) is 23.6 Å². The third kappa shape index (κ3) is 4.21. The van der Waals surface area contributed by atoms with Crippen LogP contribution in [0.3, 0.4) is 0 Å². The molecule has 0 unspecified atom stereocenters. The standard InChI is InChI=1S/C17H18ClFN2O/c1-3-15(12-6-4-11(2)5-7-12)20-17(22)21-16-9-8-13(18)10-14(16)19/h4-10,15H,3H2,1-2H3,(H2,20,21,22)/t15-/m1/s1. The van der Waals surface area contributed by atoms with E-state index >= 15 is 0 Å². The smallest absolute Gasteiger partial charge is 0.319 e. The van der Waals surface area contributed by atoms with E-state index in [9.17, 15) is 9.18 Å². The molecule has 0 radical (unpaired) electrons. The number of aryl methyl sites for hydroxylation is 1. The number of hydrogen-bond acceptors (Lipinski definition) is 1. The van der Waals surface area contributed by atoms with Crippen LogP contribution in [0.1, 0.15) is 30.5 Å². The summed E-state index contributed by atoms with van der Waals surface area (Å²) in [5.74, 6) is -0.564. The van der Waals surface area contributed by atoms with Crippen molar-refractivity contribution < 1.29 is 9.18 Å². The van der Waals surface area contributed by atoms with Crippen LogP contribution in [-0.4, -0.2) is 6.03 Å². The SMILES string of the molecule is CC[C@@H](NC(=O)Nc1ccc(Cl)cc1F)c1ccc(C)cc1. The van der Waals surface area contributed by atoms with Gasteiger partial charge in [-0.05, 0) is 37.1 Å². The van der Waals surface area contributed by atoms with Gasteiger partial charge in [0.25, 0.3) is 0 Å². The van der Waals surface area contributed by atoms with Crippen LogP contribution in [-0.2, 0) is 0 Å². The summed E-state index contributed by atoms with van der Waals surface area (Å²) >= 11 is 5.68. The average Bonchev–Trinajstić information content (AvgIpc) is 2.49. The van der Waals surface area contributed by atoms with E-state index in [2.05, 4.69) is 10.6 Å². The van der Waals surface area contributed by atoms with Gasteiger partial charge in [0.1, 0.15) is 5.82 Å². The lowest BCUT2D eigenvalue weighted by atomic mass is 10.0. The van der Waals surface area contributed by atoms with Gasteiger partial charge in [-0.3, -0.25) is 0 Å². The number of halogens is 2. The van der Waals surface area contributed by atoms with Crippen LogP contribution in [0.5, 0.6) is 0 Å². The number of hydrogen-bond donors (Lipinski definition) is 2. The molecular formula is C17H18ClFN2O. The first-order valence-corrected chi connectivity index (χ1v) is 7.46. The first-order valence-electron chi connectivity index (χ1n) is 7.08. The zero-order chi connectivity index (χ0) is 16.1. The highest BCUT2D eigenvalue weighted by atomic mass is 35.5. The molecule has 0 bridgehead atoms. The zero-order valence-electron chi connectivity index (χ0n) is 12.5. The number of benzene rings is 2. The van der Waals surface area contributed by atoms with E-state index in [1.165, 1.54) is 12.1 Å². The number of amides is 2. The molecule has 2 aromatic carbocycles. The van der Waals surface area contributed by atoms with Gasteiger partial charge in [0.05, 0.1) is 11.7 Å². The Kier molecular flexibility index (Phi) is 5.39. The Morgan fingerprint density at radius 1 is 1.23 bits per heavy atom. The second-order valence-electron chi connectivity index (χ2n) is 5.09. The third-order valence-corrected chi connectivity index (χ3v) is 3.61. The molecule has 0 aliphatic heterocycles. The highest BCUT2D eigenvalue weighted by Gasteiger charge is 2.14. The molecule has 0 aromatic heterocycles. The normalized spacial score (nSPS) is 11.8. The van der Waals surface area contributed by atoms with Crippen LogP contribution in [0.25, 0.3) is 0 Å². The molecule has 0 saturated heterocycles. The van der Waals surface area contributed by atoms with Gasteiger partial charge in [-0.2, -0.15) is 0 Å².